The maximum atomic E-state index is 13.4. The fourth-order valence-corrected chi connectivity index (χ4v) is 4.29. The molecule has 2 aromatic rings. The maximum absolute atomic E-state index is 13.4. The average Bonchev–Trinajstić information content (AvgIpc) is 3.49. The minimum Gasteiger partial charge on any atom is -0.492 e. The Hall–Kier alpha value is -3.14. The molecule has 0 bridgehead atoms. The van der Waals surface area contributed by atoms with Gasteiger partial charge in [0.05, 0.1) is 24.4 Å². The third kappa shape index (κ3) is 4.46. The van der Waals surface area contributed by atoms with Crippen LogP contribution in [-0.4, -0.2) is 67.3 Å². The molecule has 184 valence electrons. The van der Waals surface area contributed by atoms with Gasteiger partial charge in [-0.1, -0.05) is 13.8 Å². The Bertz CT molecular complexity index is 1220. The minimum atomic E-state index is -0.598. The van der Waals surface area contributed by atoms with E-state index >= 15 is 0 Å². The van der Waals surface area contributed by atoms with Crippen LogP contribution in [0.1, 0.15) is 62.2 Å². The second-order valence-electron chi connectivity index (χ2n) is 10.2. The fourth-order valence-electron chi connectivity index (χ4n) is 4.29. The van der Waals surface area contributed by atoms with Crippen LogP contribution < -0.4 is 10.9 Å². The first kappa shape index (κ1) is 24.0. The summed E-state index contributed by atoms with van der Waals surface area (Å²) in [7, 11) is 0. The number of amides is 2. The van der Waals surface area contributed by atoms with Crippen molar-refractivity contribution in [2.45, 2.75) is 65.6 Å². The van der Waals surface area contributed by atoms with E-state index in [1.165, 1.54) is 15.2 Å². The first-order valence-electron chi connectivity index (χ1n) is 11.7. The number of aryl methyl sites for hydroxylation is 1. The molecule has 0 spiro atoms. The summed E-state index contributed by atoms with van der Waals surface area (Å²) in [4.78, 5) is 40.9. The number of nitrogens with one attached hydrogen (secondary N) is 1. The molecule has 2 aliphatic rings. The number of ether oxygens (including phenoxy) is 1. The Morgan fingerprint density at radius 3 is 2.65 bits per heavy atom. The molecule has 2 amide bonds. The number of aromatic nitrogens is 3. The van der Waals surface area contributed by atoms with Gasteiger partial charge < -0.3 is 20.1 Å². The van der Waals surface area contributed by atoms with Crippen LogP contribution in [0.5, 0.6) is 5.88 Å². The summed E-state index contributed by atoms with van der Waals surface area (Å²) in [5.41, 5.74) is 0.0922. The maximum Gasteiger partial charge on any atom is 0.270 e. The molecular formula is C24H33N5O5. The average molecular weight is 472 g/mol. The van der Waals surface area contributed by atoms with Gasteiger partial charge in [-0.05, 0) is 45.6 Å². The van der Waals surface area contributed by atoms with Crippen molar-refractivity contribution in [1.82, 2.24) is 24.4 Å². The smallest absolute Gasteiger partial charge is 0.270 e. The van der Waals surface area contributed by atoms with Gasteiger partial charge in [-0.2, -0.15) is 9.61 Å². The van der Waals surface area contributed by atoms with E-state index in [1.807, 2.05) is 27.7 Å². The lowest BCUT2D eigenvalue weighted by molar-refractivity contribution is -0.140. The number of nitrogens with zero attached hydrogens (tertiary/aromatic N) is 4. The molecule has 1 aliphatic heterocycles. The number of morpholine rings is 1. The Labute approximate surface area is 198 Å². The molecule has 10 nitrogen and oxygen atoms in total. The summed E-state index contributed by atoms with van der Waals surface area (Å²) < 4.78 is 8.19. The number of fused-ring (bicyclic) bond motifs is 1. The number of hydrogen-bond donors (Lipinski definition) is 2. The zero-order valence-electron chi connectivity index (χ0n) is 20.4. The highest BCUT2D eigenvalue weighted by atomic mass is 16.5. The summed E-state index contributed by atoms with van der Waals surface area (Å²) in [6, 6.07) is 0.0360. The van der Waals surface area contributed by atoms with Crippen molar-refractivity contribution in [2.24, 2.45) is 5.92 Å². The first-order valence-corrected chi connectivity index (χ1v) is 11.7. The molecule has 34 heavy (non-hydrogen) atoms. The van der Waals surface area contributed by atoms with Crippen molar-refractivity contribution < 1.29 is 19.4 Å². The Morgan fingerprint density at radius 2 is 2.03 bits per heavy atom. The van der Waals surface area contributed by atoms with E-state index < -0.39 is 22.9 Å². The number of aromatic hydroxyl groups is 1. The van der Waals surface area contributed by atoms with E-state index in [2.05, 4.69) is 10.4 Å². The van der Waals surface area contributed by atoms with Gasteiger partial charge in [0.15, 0.2) is 5.56 Å². The van der Waals surface area contributed by atoms with Crippen LogP contribution in [0.15, 0.2) is 10.9 Å². The molecule has 3 heterocycles. The Balaban J connectivity index is 1.81. The molecule has 4 rings (SSSR count). The predicted molar refractivity (Wildman–Crippen MR) is 127 cm³/mol. The lowest BCUT2D eigenvalue weighted by Gasteiger charge is -2.41. The van der Waals surface area contributed by atoms with E-state index in [9.17, 15) is 19.5 Å². The molecular weight excluding hydrogens is 438 g/mol. The van der Waals surface area contributed by atoms with E-state index in [4.69, 9.17) is 4.74 Å². The Morgan fingerprint density at radius 1 is 1.32 bits per heavy atom. The molecule has 2 N–H and O–H groups in total. The van der Waals surface area contributed by atoms with Gasteiger partial charge in [-0.15, -0.1) is 0 Å². The zero-order chi connectivity index (χ0) is 24.8. The van der Waals surface area contributed by atoms with Crippen LogP contribution in [0, 0.1) is 12.8 Å². The van der Waals surface area contributed by atoms with E-state index in [0.29, 0.717) is 43.2 Å². The molecule has 0 aromatic carbocycles. The highest BCUT2D eigenvalue weighted by Gasteiger charge is 2.33. The summed E-state index contributed by atoms with van der Waals surface area (Å²) in [6.07, 6.45) is 4.81. The topological polar surface area (TPSA) is 118 Å². The highest BCUT2D eigenvalue weighted by Crippen LogP contribution is 2.26. The van der Waals surface area contributed by atoms with E-state index in [0.717, 1.165) is 12.8 Å². The monoisotopic (exact) mass is 471 g/mol. The van der Waals surface area contributed by atoms with Crippen molar-refractivity contribution in [1.29, 1.82) is 0 Å². The highest BCUT2D eigenvalue weighted by molar-refractivity contribution is 5.97. The molecule has 0 radical (unpaired) electrons. The normalized spacial score (nSPS) is 18.2. The van der Waals surface area contributed by atoms with Crippen LogP contribution in [-0.2, 0) is 16.1 Å². The minimum absolute atomic E-state index is 0.0360. The van der Waals surface area contributed by atoms with Gasteiger partial charge in [-0.25, -0.2) is 0 Å². The lowest BCUT2D eigenvalue weighted by atomic mass is 10.0. The van der Waals surface area contributed by atoms with Gasteiger partial charge in [0.25, 0.3) is 11.5 Å². The summed E-state index contributed by atoms with van der Waals surface area (Å²) >= 11 is 0. The van der Waals surface area contributed by atoms with Crippen LogP contribution in [0.3, 0.4) is 0 Å². The number of carbonyl (C=O) groups excluding carboxylic acids is 2. The summed E-state index contributed by atoms with van der Waals surface area (Å²) in [6.45, 7) is 11.3. The van der Waals surface area contributed by atoms with Crippen molar-refractivity contribution in [3.63, 3.8) is 0 Å². The van der Waals surface area contributed by atoms with Crippen LogP contribution >= 0.6 is 0 Å². The number of hydrogen-bond acceptors (Lipinski definition) is 6. The van der Waals surface area contributed by atoms with Gasteiger partial charge in [0.2, 0.25) is 11.8 Å². The van der Waals surface area contributed by atoms with Crippen molar-refractivity contribution in [3.05, 3.63) is 33.3 Å². The van der Waals surface area contributed by atoms with Crippen molar-refractivity contribution in [2.75, 3.05) is 19.8 Å². The van der Waals surface area contributed by atoms with Gasteiger partial charge in [0, 0.05) is 30.8 Å². The Kier molecular flexibility index (Phi) is 6.28. The third-order valence-corrected chi connectivity index (χ3v) is 6.21. The van der Waals surface area contributed by atoms with Gasteiger partial charge in [0.1, 0.15) is 5.65 Å². The second-order valence-corrected chi connectivity index (χ2v) is 10.2. The summed E-state index contributed by atoms with van der Waals surface area (Å²) in [5, 5.41) is 18.1. The van der Waals surface area contributed by atoms with Gasteiger partial charge >= 0.3 is 0 Å². The predicted octanol–water partition coefficient (Wildman–Crippen LogP) is 1.71. The largest absolute Gasteiger partial charge is 0.492 e. The van der Waals surface area contributed by atoms with Crippen LogP contribution in [0.4, 0.5) is 0 Å². The lowest BCUT2D eigenvalue weighted by Crippen LogP contribution is -2.55. The quantitative estimate of drug-likeness (QED) is 0.620. The molecule has 2 aromatic heterocycles. The van der Waals surface area contributed by atoms with E-state index in [-0.39, 0.29) is 23.4 Å². The molecule has 10 heteroatoms. The standard InChI is InChI=1S/C24H33N5O5/c1-14(2)12-27-21-17(8-9-18(30)28-10-11-34-13-24(28,4)5)15(3)26-29(21)23(33)19(22(27)32)20(31)25-16-6-7-16/h8-9,14,16,33H,6-7,10-13H2,1-5H3,(H,25,31)/b9-8+. The van der Waals surface area contributed by atoms with E-state index in [1.54, 1.807) is 17.9 Å². The second kappa shape index (κ2) is 8.90. The molecule has 1 saturated heterocycles. The molecule has 2 fully saturated rings. The van der Waals surface area contributed by atoms with Crippen LogP contribution in [0.2, 0.25) is 0 Å². The first-order chi connectivity index (χ1) is 16.0. The fraction of sp³-hybridized carbons (Fsp3) is 0.583. The van der Waals surface area contributed by atoms with Gasteiger partial charge in [-0.3, -0.25) is 19.0 Å². The SMILES string of the molecule is Cc1nn2c(O)c(C(=O)NC3CC3)c(=O)n(CC(C)C)c2c1/C=C/C(=O)N1CCOCC1(C)C. The van der Waals surface area contributed by atoms with Crippen LogP contribution in [0.25, 0.3) is 11.7 Å². The van der Waals surface area contributed by atoms with Crippen molar-refractivity contribution >= 4 is 23.5 Å². The van der Waals surface area contributed by atoms with Crippen molar-refractivity contribution in [3.8, 4) is 5.88 Å². The molecule has 0 atom stereocenters. The number of rotatable bonds is 6. The number of carbonyl (C=O) groups is 2. The third-order valence-electron chi connectivity index (χ3n) is 6.21. The molecule has 1 aliphatic carbocycles. The molecule has 1 saturated carbocycles. The molecule has 0 unspecified atom stereocenters. The zero-order valence-corrected chi connectivity index (χ0v) is 20.4. The summed E-state index contributed by atoms with van der Waals surface area (Å²) in [5.74, 6) is -1.18.